The predicted molar refractivity (Wildman–Crippen MR) is 76.3 cm³/mol. The molecule has 0 aromatic heterocycles. The number of benzene rings is 1. The number of aryl methyl sites for hydroxylation is 1. The third-order valence-corrected chi connectivity index (χ3v) is 5.11. The van der Waals surface area contributed by atoms with Crippen molar-refractivity contribution in [3.8, 4) is 0 Å². The van der Waals surface area contributed by atoms with Crippen LogP contribution in [0.15, 0.2) is 17.0 Å². The standard InChI is InChI=1S/C13H21FN2O3S/c1-10-8-11(14)12(15)9-13(10)20(18,19)16(2)6-4-3-5-7-17/h8-9,17H,3-7,15H2,1-2H3. The number of anilines is 1. The number of hydrogen-bond donors (Lipinski definition) is 2. The third kappa shape index (κ3) is 3.91. The molecule has 114 valence electrons. The summed E-state index contributed by atoms with van der Waals surface area (Å²) >= 11 is 0. The molecule has 3 N–H and O–H groups in total. The lowest BCUT2D eigenvalue weighted by molar-refractivity contribution is 0.281. The molecule has 0 spiro atoms. The minimum absolute atomic E-state index is 0.0288. The molecule has 0 radical (unpaired) electrons. The predicted octanol–water partition coefficient (Wildman–Crippen LogP) is 1.50. The maximum atomic E-state index is 13.3. The van der Waals surface area contributed by atoms with Gasteiger partial charge in [-0.05, 0) is 43.9 Å². The summed E-state index contributed by atoms with van der Waals surface area (Å²) in [5, 5.41) is 8.68. The van der Waals surface area contributed by atoms with E-state index in [0.29, 0.717) is 24.9 Å². The topological polar surface area (TPSA) is 83.6 Å². The number of aliphatic hydroxyl groups excluding tert-OH is 1. The summed E-state index contributed by atoms with van der Waals surface area (Å²) in [6, 6.07) is 2.28. The van der Waals surface area contributed by atoms with E-state index in [9.17, 15) is 12.8 Å². The first kappa shape index (κ1) is 16.9. The fraction of sp³-hybridized carbons (Fsp3) is 0.538. The summed E-state index contributed by atoms with van der Waals surface area (Å²) in [7, 11) is -2.19. The van der Waals surface area contributed by atoms with Crippen LogP contribution in [0.3, 0.4) is 0 Å². The van der Waals surface area contributed by atoms with E-state index in [1.807, 2.05) is 0 Å². The molecule has 0 atom stereocenters. The largest absolute Gasteiger partial charge is 0.396 e. The summed E-state index contributed by atoms with van der Waals surface area (Å²) in [5.41, 5.74) is 5.59. The van der Waals surface area contributed by atoms with Gasteiger partial charge in [0.25, 0.3) is 0 Å². The van der Waals surface area contributed by atoms with Crippen molar-refractivity contribution in [2.75, 3.05) is 25.9 Å². The minimum Gasteiger partial charge on any atom is -0.396 e. The highest BCUT2D eigenvalue weighted by molar-refractivity contribution is 7.89. The first-order valence-electron chi connectivity index (χ1n) is 6.43. The van der Waals surface area contributed by atoms with E-state index < -0.39 is 15.8 Å². The van der Waals surface area contributed by atoms with Crippen LogP contribution in [0, 0.1) is 12.7 Å². The SMILES string of the molecule is Cc1cc(F)c(N)cc1S(=O)(=O)N(C)CCCCCO. The molecule has 0 amide bonds. The summed E-state index contributed by atoms with van der Waals surface area (Å²) in [6.45, 7) is 1.98. The number of rotatable bonds is 7. The lowest BCUT2D eigenvalue weighted by Crippen LogP contribution is -2.28. The zero-order valence-electron chi connectivity index (χ0n) is 11.8. The first-order chi connectivity index (χ1) is 9.30. The molecule has 5 nitrogen and oxygen atoms in total. The second kappa shape index (κ2) is 7.01. The number of unbranched alkanes of at least 4 members (excludes halogenated alkanes) is 2. The molecule has 0 heterocycles. The zero-order valence-corrected chi connectivity index (χ0v) is 12.6. The highest BCUT2D eigenvalue weighted by atomic mass is 32.2. The summed E-state index contributed by atoms with van der Waals surface area (Å²) < 4.78 is 39.3. The summed E-state index contributed by atoms with van der Waals surface area (Å²) in [4.78, 5) is 0.0288. The van der Waals surface area contributed by atoms with Crippen molar-refractivity contribution in [2.45, 2.75) is 31.1 Å². The van der Waals surface area contributed by atoms with Gasteiger partial charge >= 0.3 is 0 Å². The maximum absolute atomic E-state index is 13.3. The molecule has 20 heavy (non-hydrogen) atoms. The quantitative estimate of drug-likeness (QED) is 0.590. The van der Waals surface area contributed by atoms with Crippen LogP contribution in [-0.2, 0) is 10.0 Å². The Kier molecular flexibility index (Phi) is 5.91. The van der Waals surface area contributed by atoms with Gasteiger partial charge in [0.2, 0.25) is 10.0 Å². The van der Waals surface area contributed by atoms with Gasteiger partial charge in [0.15, 0.2) is 0 Å². The molecule has 0 saturated carbocycles. The van der Waals surface area contributed by atoms with Crippen LogP contribution in [0.1, 0.15) is 24.8 Å². The van der Waals surface area contributed by atoms with Crippen molar-refractivity contribution in [1.29, 1.82) is 0 Å². The first-order valence-corrected chi connectivity index (χ1v) is 7.87. The van der Waals surface area contributed by atoms with Crippen molar-refractivity contribution < 1.29 is 17.9 Å². The van der Waals surface area contributed by atoms with Gasteiger partial charge in [0.1, 0.15) is 5.82 Å². The Bertz CT molecular complexity index is 561. The molecule has 0 saturated heterocycles. The van der Waals surface area contributed by atoms with Crippen LogP contribution < -0.4 is 5.73 Å². The lowest BCUT2D eigenvalue weighted by atomic mass is 10.2. The molecule has 0 aliphatic carbocycles. The van der Waals surface area contributed by atoms with Crippen LogP contribution in [0.2, 0.25) is 0 Å². The Morgan fingerprint density at radius 1 is 1.30 bits per heavy atom. The van der Waals surface area contributed by atoms with E-state index in [1.165, 1.54) is 18.3 Å². The molecule has 0 unspecified atom stereocenters. The van der Waals surface area contributed by atoms with Gasteiger partial charge in [-0.25, -0.2) is 17.1 Å². The second-order valence-electron chi connectivity index (χ2n) is 4.75. The fourth-order valence-corrected chi connectivity index (χ4v) is 3.30. The van der Waals surface area contributed by atoms with Gasteiger partial charge < -0.3 is 10.8 Å². The molecule has 1 rings (SSSR count). The van der Waals surface area contributed by atoms with E-state index in [2.05, 4.69) is 0 Å². The van der Waals surface area contributed by atoms with Gasteiger partial charge in [0.05, 0.1) is 10.6 Å². The van der Waals surface area contributed by atoms with E-state index in [-0.39, 0.29) is 17.2 Å². The second-order valence-corrected chi connectivity index (χ2v) is 6.76. The van der Waals surface area contributed by atoms with Gasteiger partial charge in [-0.2, -0.15) is 0 Å². The fourth-order valence-electron chi connectivity index (χ4n) is 1.86. The third-order valence-electron chi connectivity index (χ3n) is 3.11. The summed E-state index contributed by atoms with van der Waals surface area (Å²) in [5.74, 6) is -0.618. The Morgan fingerprint density at radius 2 is 1.95 bits per heavy atom. The molecule has 0 fully saturated rings. The zero-order chi connectivity index (χ0) is 15.3. The van der Waals surface area contributed by atoms with Gasteiger partial charge in [-0.15, -0.1) is 0 Å². The Labute approximate surface area is 119 Å². The maximum Gasteiger partial charge on any atom is 0.243 e. The van der Waals surface area contributed by atoms with Crippen LogP contribution in [0.25, 0.3) is 0 Å². The average Bonchev–Trinajstić information content (AvgIpc) is 2.38. The monoisotopic (exact) mass is 304 g/mol. The minimum atomic E-state index is -3.67. The molecule has 1 aromatic carbocycles. The Morgan fingerprint density at radius 3 is 2.55 bits per heavy atom. The molecule has 7 heteroatoms. The van der Waals surface area contributed by atoms with Crippen LogP contribution in [0.5, 0.6) is 0 Å². The lowest BCUT2D eigenvalue weighted by Gasteiger charge is -2.19. The van der Waals surface area contributed by atoms with Gasteiger partial charge in [0, 0.05) is 20.2 Å². The van der Waals surface area contributed by atoms with E-state index in [0.717, 1.165) is 18.6 Å². The molecule has 0 aliphatic heterocycles. The highest BCUT2D eigenvalue weighted by Crippen LogP contribution is 2.24. The van der Waals surface area contributed by atoms with Crippen molar-refractivity contribution >= 4 is 15.7 Å². The number of halogens is 1. The number of sulfonamides is 1. The average molecular weight is 304 g/mol. The Hall–Kier alpha value is -1.18. The number of nitrogens with zero attached hydrogens (tertiary/aromatic N) is 1. The van der Waals surface area contributed by atoms with Crippen molar-refractivity contribution in [2.24, 2.45) is 0 Å². The van der Waals surface area contributed by atoms with E-state index >= 15 is 0 Å². The van der Waals surface area contributed by atoms with Crippen molar-refractivity contribution in [3.05, 3.63) is 23.5 Å². The van der Waals surface area contributed by atoms with E-state index in [1.54, 1.807) is 0 Å². The van der Waals surface area contributed by atoms with Crippen LogP contribution in [-0.4, -0.2) is 38.0 Å². The summed E-state index contributed by atoms with van der Waals surface area (Å²) in [6.07, 6.45) is 2.06. The van der Waals surface area contributed by atoms with Crippen molar-refractivity contribution in [3.63, 3.8) is 0 Å². The van der Waals surface area contributed by atoms with Crippen LogP contribution >= 0.6 is 0 Å². The highest BCUT2D eigenvalue weighted by Gasteiger charge is 2.23. The Balaban J connectivity index is 2.90. The number of hydrogen-bond acceptors (Lipinski definition) is 4. The van der Waals surface area contributed by atoms with Crippen LogP contribution in [0.4, 0.5) is 10.1 Å². The number of nitrogen functional groups attached to an aromatic ring is 1. The molecule has 0 aliphatic rings. The smallest absolute Gasteiger partial charge is 0.243 e. The van der Waals surface area contributed by atoms with Gasteiger partial charge in [-0.3, -0.25) is 0 Å². The number of aliphatic hydroxyl groups is 1. The molecular weight excluding hydrogens is 283 g/mol. The van der Waals surface area contributed by atoms with Gasteiger partial charge in [-0.1, -0.05) is 0 Å². The molecule has 1 aromatic rings. The number of nitrogens with two attached hydrogens (primary N) is 1. The normalized spacial score (nSPS) is 12.1. The van der Waals surface area contributed by atoms with E-state index in [4.69, 9.17) is 10.8 Å². The van der Waals surface area contributed by atoms with Crippen molar-refractivity contribution in [1.82, 2.24) is 4.31 Å². The molecular formula is C13H21FN2O3S. The molecule has 0 bridgehead atoms.